The minimum atomic E-state index is -0.376. The Morgan fingerprint density at radius 1 is 1.10 bits per heavy atom. The molecule has 2 amide bonds. The molecule has 1 unspecified atom stereocenters. The van der Waals surface area contributed by atoms with Crippen LogP contribution < -0.4 is 10.1 Å². The van der Waals surface area contributed by atoms with Crippen molar-refractivity contribution in [3.8, 4) is 5.75 Å². The molecular formula is C30H33FN4O4. The number of halogens is 1. The molecule has 1 aliphatic carbocycles. The normalized spacial score (nSPS) is 19.1. The number of likely N-dealkylation sites (tertiary alicyclic amines) is 1. The molecular weight excluding hydrogens is 499 g/mol. The van der Waals surface area contributed by atoms with E-state index in [9.17, 15) is 14.0 Å². The lowest BCUT2D eigenvalue weighted by atomic mass is 9.87. The van der Waals surface area contributed by atoms with E-state index in [0.717, 1.165) is 55.6 Å². The molecule has 0 bridgehead atoms. The number of nitrogens with one attached hydrogen (secondary N) is 1. The van der Waals surface area contributed by atoms with Gasteiger partial charge in [-0.05, 0) is 86.1 Å². The van der Waals surface area contributed by atoms with Crippen molar-refractivity contribution < 1.29 is 23.1 Å². The van der Waals surface area contributed by atoms with Crippen molar-refractivity contribution in [3.05, 3.63) is 82.8 Å². The van der Waals surface area contributed by atoms with Crippen molar-refractivity contribution in [1.29, 1.82) is 0 Å². The third-order valence-electron chi connectivity index (χ3n) is 7.78. The van der Waals surface area contributed by atoms with Gasteiger partial charge in [0.15, 0.2) is 12.3 Å². The molecule has 2 aromatic carbocycles. The third-order valence-corrected chi connectivity index (χ3v) is 7.78. The van der Waals surface area contributed by atoms with Crippen LogP contribution in [0.4, 0.5) is 4.39 Å². The molecule has 1 saturated carbocycles. The number of nitrogens with zero attached hydrogens (tertiary/aromatic N) is 3. The first kappa shape index (κ1) is 25.6. The molecule has 1 saturated heterocycles. The van der Waals surface area contributed by atoms with E-state index in [0.29, 0.717) is 24.7 Å². The second-order valence-corrected chi connectivity index (χ2v) is 10.6. The van der Waals surface area contributed by atoms with Gasteiger partial charge in [0.05, 0.1) is 6.04 Å². The number of carbonyl (C=O) groups is 2. The maximum atomic E-state index is 14.2. The summed E-state index contributed by atoms with van der Waals surface area (Å²) in [5.41, 5.74) is 3.01. The van der Waals surface area contributed by atoms with E-state index in [4.69, 9.17) is 9.15 Å². The monoisotopic (exact) mass is 532 g/mol. The van der Waals surface area contributed by atoms with E-state index < -0.39 is 0 Å². The van der Waals surface area contributed by atoms with E-state index >= 15 is 0 Å². The average molecular weight is 533 g/mol. The van der Waals surface area contributed by atoms with Gasteiger partial charge in [-0.25, -0.2) is 9.37 Å². The number of benzene rings is 2. The van der Waals surface area contributed by atoms with Gasteiger partial charge in [-0.15, -0.1) is 0 Å². The SMILES string of the molecule is O=C(NCCN1CCCC1)c1coc(COc2ccc3c(c2)C(c2cccc(F)c2)N(C(=O)C2CC2)CC3)n1. The summed E-state index contributed by atoms with van der Waals surface area (Å²) in [5.74, 6) is 0.489. The molecule has 3 aliphatic rings. The number of hydrogen-bond donors (Lipinski definition) is 1. The second-order valence-electron chi connectivity index (χ2n) is 10.6. The summed E-state index contributed by atoms with van der Waals surface area (Å²) in [6, 6.07) is 11.9. The highest BCUT2D eigenvalue weighted by molar-refractivity contribution is 5.91. The Hall–Kier alpha value is -3.72. The lowest BCUT2D eigenvalue weighted by Crippen LogP contribution is -2.41. The van der Waals surface area contributed by atoms with Crippen molar-refractivity contribution in [1.82, 2.24) is 20.1 Å². The molecule has 2 fully saturated rings. The Kier molecular flexibility index (Phi) is 7.32. The number of amides is 2. The first-order valence-electron chi connectivity index (χ1n) is 13.8. The van der Waals surface area contributed by atoms with Crippen LogP contribution in [0.25, 0.3) is 0 Å². The number of fused-ring (bicyclic) bond motifs is 1. The van der Waals surface area contributed by atoms with E-state index in [2.05, 4.69) is 15.2 Å². The molecule has 6 rings (SSSR count). The van der Waals surface area contributed by atoms with E-state index in [1.54, 1.807) is 6.07 Å². The van der Waals surface area contributed by atoms with Crippen molar-refractivity contribution in [2.75, 3.05) is 32.7 Å². The fourth-order valence-corrected chi connectivity index (χ4v) is 5.57. The standard InChI is InChI=1S/C30H33FN4O4/c31-23-5-3-4-22(16-23)28-25-17-24(9-8-20(25)10-14-35(28)30(37)21-6-7-21)38-19-27-33-26(18-39-27)29(36)32-11-15-34-12-1-2-13-34/h3-5,8-9,16-18,21,28H,1-2,6-7,10-15,19H2,(H,32,36). The maximum absolute atomic E-state index is 14.2. The Balaban J connectivity index is 1.14. The van der Waals surface area contributed by atoms with Crippen LogP contribution in [-0.2, 0) is 17.8 Å². The van der Waals surface area contributed by atoms with Gasteiger partial charge in [0.2, 0.25) is 11.8 Å². The number of carbonyl (C=O) groups excluding carboxylic acids is 2. The van der Waals surface area contributed by atoms with Crippen molar-refractivity contribution in [3.63, 3.8) is 0 Å². The van der Waals surface area contributed by atoms with Crippen LogP contribution in [-0.4, -0.2) is 59.3 Å². The van der Waals surface area contributed by atoms with E-state index in [1.165, 1.54) is 31.2 Å². The summed E-state index contributed by atoms with van der Waals surface area (Å²) >= 11 is 0. The highest BCUT2D eigenvalue weighted by Gasteiger charge is 2.39. The maximum Gasteiger partial charge on any atom is 0.273 e. The van der Waals surface area contributed by atoms with Gasteiger partial charge in [0, 0.05) is 25.6 Å². The zero-order valence-corrected chi connectivity index (χ0v) is 21.9. The van der Waals surface area contributed by atoms with Crippen LogP contribution in [0.15, 0.2) is 53.1 Å². The van der Waals surface area contributed by atoms with Gasteiger partial charge in [-0.3, -0.25) is 9.59 Å². The fourth-order valence-electron chi connectivity index (χ4n) is 5.57. The van der Waals surface area contributed by atoms with Crippen LogP contribution in [0.3, 0.4) is 0 Å². The first-order chi connectivity index (χ1) is 19.0. The molecule has 2 aliphatic heterocycles. The highest BCUT2D eigenvalue weighted by atomic mass is 19.1. The smallest absolute Gasteiger partial charge is 0.273 e. The second kappa shape index (κ2) is 11.2. The largest absolute Gasteiger partial charge is 0.484 e. The van der Waals surface area contributed by atoms with Gasteiger partial charge in [0.25, 0.3) is 5.91 Å². The van der Waals surface area contributed by atoms with Crippen molar-refractivity contribution in [2.45, 2.75) is 44.8 Å². The summed E-state index contributed by atoms with van der Waals surface area (Å²) < 4.78 is 25.7. The molecule has 1 N–H and O–H groups in total. The Labute approximate surface area is 227 Å². The highest BCUT2D eigenvalue weighted by Crippen LogP contribution is 2.41. The van der Waals surface area contributed by atoms with Gasteiger partial charge >= 0.3 is 0 Å². The summed E-state index contributed by atoms with van der Waals surface area (Å²) in [6.45, 7) is 4.22. The van der Waals surface area contributed by atoms with Gasteiger partial charge < -0.3 is 24.3 Å². The Morgan fingerprint density at radius 2 is 1.95 bits per heavy atom. The first-order valence-corrected chi connectivity index (χ1v) is 13.8. The molecule has 0 radical (unpaired) electrons. The van der Waals surface area contributed by atoms with E-state index in [1.807, 2.05) is 29.2 Å². The summed E-state index contributed by atoms with van der Waals surface area (Å²) in [7, 11) is 0. The minimum absolute atomic E-state index is 0.0508. The van der Waals surface area contributed by atoms with Crippen LogP contribution in [0.2, 0.25) is 0 Å². The molecule has 3 heterocycles. The van der Waals surface area contributed by atoms with Crippen LogP contribution >= 0.6 is 0 Å². The van der Waals surface area contributed by atoms with Gasteiger partial charge in [-0.2, -0.15) is 0 Å². The molecule has 39 heavy (non-hydrogen) atoms. The third kappa shape index (κ3) is 5.83. The molecule has 0 spiro atoms. The quantitative estimate of drug-likeness (QED) is 0.447. The zero-order chi connectivity index (χ0) is 26.8. The predicted octanol–water partition coefficient (Wildman–Crippen LogP) is 4.10. The topological polar surface area (TPSA) is 87.9 Å². The minimum Gasteiger partial charge on any atom is -0.484 e. The van der Waals surface area contributed by atoms with E-state index in [-0.39, 0.29) is 41.9 Å². The number of rotatable bonds is 9. The molecule has 1 atom stereocenters. The number of aromatic nitrogens is 1. The van der Waals surface area contributed by atoms with Crippen molar-refractivity contribution >= 4 is 11.8 Å². The summed E-state index contributed by atoms with van der Waals surface area (Å²) in [6.07, 6.45) is 6.33. The molecule has 1 aromatic heterocycles. The number of ether oxygens (including phenoxy) is 1. The van der Waals surface area contributed by atoms with Crippen molar-refractivity contribution in [2.24, 2.45) is 5.92 Å². The lowest BCUT2D eigenvalue weighted by molar-refractivity contribution is -0.134. The zero-order valence-electron chi connectivity index (χ0n) is 21.9. The van der Waals surface area contributed by atoms with Crippen LogP contribution in [0.5, 0.6) is 5.75 Å². The average Bonchev–Trinajstić information content (AvgIpc) is 3.45. The molecule has 8 nitrogen and oxygen atoms in total. The van der Waals surface area contributed by atoms with Crippen LogP contribution in [0, 0.1) is 11.7 Å². The molecule has 9 heteroatoms. The predicted molar refractivity (Wildman–Crippen MR) is 142 cm³/mol. The number of hydrogen-bond acceptors (Lipinski definition) is 6. The molecule has 3 aromatic rings. The van der Waals surface area contributed by atoms with Gasteiger partial charge in [-0.1, -0.05) is 18.2 Å². The summed E-state index contributed by atoms with van der Waals surface area (Å²) in [5, 5.41) is 2.89. The fraction of sp³-hybridized carbons (Fsp3) is 0.433. The van der Waals surface area contributed by atoms with Crippen LogP contribution in [0.1, 0.15) is 64.8 Å². The Morgan fingerprint density at radius 3 is 2.74 bits per heavy atom. The Bertz CT molecular complexity index is 1350. The van der Waals surface area contributed by atoms with Gasteiger partial charge in [0.1, 0.15) is 17.8 Å². The summed E-state index contributed by atoms with van der Waals surface area (Å²) in [4.78, 5) is 34.1. The molecule has 204 valence electrons. The lowest BCUT2D eigenvalue weighted by Gasteiger charge is -2.38. The number of oxazole rings is 1.